The molecule has 3 N–H and O–H groups in total. The van der Waals surface area contributed by atoms with Crippen molar-refractivity contribution >= 4 is 17.1 Å². The second-order valence-corrected chi connectivity index (χ2v) is 6.95. The summed E-state index contributed by atoms with van der Waals surface area (Å²) in [4.78, 5) is 13.1. The zero-order valence-electron chi connectivity index (χ0n) is 17.1. The Morgan fingerprint density at radius 2 is 1.52 bits per heavy atom. The van der Waals surface area contributed by atoms with E-state index in [0.717, 1.165) is 11.1 Å². The molecule has 2 aromatic rings. The normalized spacial score (nSPS) is 13.9. The number of rotatable bonds is 3. The number of hydrogen-bond acceptors (Lipinski definition) is 6. The molecule has 0 fully saturated rings. The van der Waals surface area contributed by atoms with Crippen LogP contribution in [0.1, 0.15) is 60.3 Å². The fourth-order valence-corrected chi connectivity index (χ4v) is 3.26. The lowest BCUT2D eigenvalue weighted by atomic mass is 9.96. The molecular weight excluding hydrogens is 372 g/mol. The zero-order valence-corrected chi connectivity index (χ0v) is 17.1. The maximum absolute atomic E-state index is 13.1. The Labute approximate surface area is 169 Å². The maximum Gasteiger partial charge on any atom is 0.348 e. The van der Waals surface area contributed by atoms with E-state index in [1.54, 1.807) is 26.0 Å². The number of carbonyl (C=O) groups is 1. The third-order valence-corrected chi connectivity index (χ3v) is 5.29. The third kappa shape index (κ3) is 3.25. The van der Waals surface area contributed by atoms with Crippen molar-refractivity contribution in [3.8, 4) is 28.7 Å². The van der Waals surface area contributed by atoms with Gasteiger partial charge in [0, 0.05) is 11.1 Å². The molecule has 29 heavy (non-hydrogen) atoms. The van der Waals surface area contributed by atoms with Gasteiger partial charge in [-0.15, -0.1) is 0 Å². The van der Waals surface area contributed by atoms with Gasteiger partial charge in [-0.05, 0) is 63.5 Å². The number of phenolic OH excluding ortho intramolecular Hbond substituents is 1. The number of benzene rings is 2. The van der Waals surface area contributed by atoms with Gasteiger partial charge in [-0.25, -0.2) is 4.79 Å². The minimum atomic E-state index is -0.692. The highest BCUT2D eigenvalue weighted by Gasteiger charge is 2.33. The predicted octanol–water partition coefficient (Wildman–Crippen LogP) is 5.07. The van der Waals surface area contributed by atoms with Crippen molar-refractivity contribution in [3.05, 3.63) is 52.1 Å². The molecule has 0 radical (unpaired) electrons. The van der Waals surface area contributed by atoms with Gasteiger partial charge in [0.25, 0.3) is 0 Å². The van der Waals surface area contributed by atoms with E-state index in [4.69, 9.17) is 9.47 Å². The molecule has 0 amide bonds. The predicted molar refractivity (Wildman–Crippen MR) is 111 cm³/mol. The molecule has 2 aromatic carbocycles. The number of fused-ring (bicyclic) bond motifs is 2. The fraction of sp³-hybridized carbons (Fsp3) is 0.261. The zero-order chi connectivity index (χ0) is 21.5. The number of carbonyl (C=O) groups excluding carboxylic acids is 1. The summed E-state index contributed by atoms with van der Waals surface area (Å²) in [5.41, 5.74) is 3.08. The Kier molecular flexibility index (Phi) is 5.40. The van der Waals surface area contributed by atoms with E-state index in [-0.39, 0.29) is 39.9 Å². The molecular formula is C23H24O6. The van der Waals surface area contributed by atoms with Gasteiger partial charge < -0.3 is 24.8 Å². The highest BCUT2D eigenvalue weighted by molar-refractivity contribution is 6.02. The first-order valence-corrected chi connectivity index (χ1v) is 9.27. The molecule has 1 aliphatic heterocycles. The molecule has 0 saturated heterocycles. The first kappa shape index (κ1) is 20.5. The molecule has 1 aliphatic rings. The van der Waals surface area contributed by atoms with Crippen LogP contribution in [0.4, 0.5) is 0 Å². The van der Waals surface area contributed by atoms with E-state index in [1.807, 2.05) is 26.8 Å². The number of allylic oxidation sites excluding steroid dienone is 4. The Bertz CT molecular complexity index is 1080. The molecule has 0 atom stereocenters. The Morgan fingerprint density at radius 3 is 2.10 bits per heavy atom. The number of aliphatic hydroxyl groups is 1. The lowest BCUT2D eigenvalue weighted by Crippen LogP contribution is -2.12. The van der Waals surface area contributed by atoms with Crippen molar-refractivity contribution in [2.45, 2.75) is 41.2 Å². The molecule has 0 aliphatic carbocycles. The van der Waals surface area contributed by atoms with E-state index in [0.29, 0.717) is 16.7 Å². The average Bonchev–Trinajstić information content (AvgIpc) is 2.85. The van der Waals surface area contributed by atoms with Crippen LogP contribution in [0.3, 0.4) is 0 Å². The SMILES string of the molecule is C/C=C(\C)c1cc(O)c(C)c2c1Oc1c(CO)c(O)cc(/C(C)=C/C)c1C(=O)O2. The smallest absolute Gasteiger partial charge is 0.348 e. The summed E-state index contributed by atoms with van der Waals surface area (Å²) < 4.78 is 11.8. The van der Waals surface area contributed by atoms with Crippen LogP contribution in [-0.2, 0) is 6.61 Å². The lowest BCUT2D eigenvalue weighted by Gasteiger charge is -2.18. The molecule has 0 saturated carbocycles. The molecule has 0 spiro atoms. The first-order valence-electron chi connectivity index (χ1n) is 9.27. The number of esters is 1. The van der Waals surface area contributed by atoms with Gasteiger partial charge in [-0.1, -0.05) is 12.2 Å². The van der Waals surface area contributed by atoms with Gasteiger partial charge in [0.2, 0.25) is 0 Å². The van der Waals surface area contributed by atoms with E-state index >= 15 is 0 Å². The third-order valence-electron chi connectivity index (χ3n) is 5.29. The molecule has 152 valence electrons. The highest BCUT2D eigenvalue weighted by atomic mass is 16.6. The standard InChI is InChI=1S/C23H24O6/c1-6-11(3)14-8-18(26)16(10-24)21-19(14)23(27)29-20-13(5)17(25)9-15(12(4)7-2)22(20)28-21/h6-9,24-26H,10H2,1-5H3/b11-6+,12-7+. The van der Waals surface area contributed by atoms with Crippen LogP contribution in [0.25, 0.3) is 11.1 Å². The first-order chi connectivity index (χ1) is 13.7. The number of aromatic hydroxyl groups is 2. The van der Waals surface area contributed by atoms with Crippen molar-refractivity contribution in [3.63, 3.8) is 0 Å². The van der Waals surface area contributed by atoms with Gasteiger partial charge in [-0.3, -0.25) is 0 Å². The second-order valence-electron chi connectivity index (χ2n) is 6.95. The Hall–Kier alpha value is -3.25. The number of phenols is 2. The van der Waals surface area contributed by atoms with Crippen LogP contribution < -0.4 is 9.47 Å². The summed E-state index contributed by atoms with van der Waals surface area (Å²) in [6, 6.07) is 2.96. The molecule has 0 aromatic heterocycles. The van der Waals surface area contributed by atoms with Crippen molar-refractivity contribution in [2.75, 3.05) is 0 Å². The van der Waals surface area contributed by atoms with E-state index < -0.39 is 12.6 Å². The number of aliphatic hydroxyl groups excluding tert-OH is 1. The van der Waals surface area contributed by atoms with E-state index in [9.17, 15) is 20.1 Å². The average molecular weight is 396 g/mol. The number of ether oxygens (including phenoxy) is 2. The van der Waals surface area contributed by atoms with Crippen LogP contribution in [0.2, 0.25) is 0 Å². The van der Waals surface area contributed by atoms with Crippen LogP contribution in [-0.4, -0.2) is 21.3 Å². The maximum atomic E-state index is 13.1. The molecule has 0 unspecified atom stereocenters. The van der Waals surface area contributed by atoms with Gasteiger partial charge in [-0.2, -0.15) is 0 Å². The molecule has 0 bridgehead atoms. The molecule has 3 rings (SSSR count). The Morgan fingerprint density at radius 1 is 0.931 bits per heavy atom. The summed E-state index contributed by atoms with van der Waals surface area (Å²) in [6.45, 7) is 8.39. The molecule has 6 nitrogen and oxygen atoms in total. The quantitative estimate of drug-likeness (QED) is 0.495. The minimum absolute atomic E-state index is 0.0302. The molecule has 6 heteroatoms. The van der Waals surface area contributed by atoms with Gasteiger partial charge >= 0.3 is 5.97 Å². The summed E-state index contributed by atoms with van der Waals surface area (Å²) in [5, 5.41) is 30.7. The van der Waals surface area contributed by atoms with E-state index in [2.05, 4.69) is 0 Å². The van der Waals surface area contributed by atoms with Gasteiger partial charge in [0.15, 0.2) is 17.2 Å². The summed E-state index contributed by atoms with van der Waals surface area (Å²) in [5.74, 6) is -0.511. The fourth-order valence-electron chi connectivity index (χ4n) is 3.26. The monoisotopic (exact) mass is 396 g/mol. The van der Waals surface area contributed by atoms with Crippen LogP contribution in [0.15, 0.2) is 24.3 Å². The van der Waals surface area contributed by atoms with Gasteiger partial charge in [0.1, 0.15) is 17.1 Å². The number of hydrogen-bond donors (Lipinski definition) is 3. The van der Waals surface area contributed by atoms with Gasteiger partial charge in [0.05, 0.1) is 12.2 Å². The summed E-state index contributed by atoms with van der Waals surface area (Å²) in [6.07, 6.45) is 3.64. The van der Waals surface area contributed by atoms with Crippen LogP contribution in [0, 0.1) is 6.92 Å². The minimum Gasteiger partial charge on any atom is -0.508 e. The second kappa shape index (κ2) is 7.64. The van der Waals surface area contributed by atoms with E-state index in [1.165, 1.54) is 6.07 Å². The van der Waals surface area contributed by atoms with Crippen molar-refractivity contribution in [2.24, 2.45) is 0 Å². The summed E-state index contributed by atoms with van der Waals surface area (Å²) in [7, 11) is 0. The highest BCUT2D eigenvalue weighted by Crippen LogP contribution is 2.50. The van der Waals surface area contributed by atoms with Crippen LogP contribution in [0.5, 0.6) is 28.7 Å². The topological polar surface area (TPSA) is 96.2 Å². The van der Waals surface area contributed by atoms with Crippen molar-refractivity contribution in [1.82, 2.24) is 0 Å². The summed E-state index contributed by atoms with van der Waals surface area (Å²) >= 11 is 0. The Balaban J connectivity index is 2.43. The van der Waals surface area contributed by atoms with Crippen molar-refractivity contribution < 1.29 is 29.6 Å². The lowest BCUT2D eigenvalue weighted by molar-refractivity contribution is 0.0735. The largest absolute Gasteiger partial charge is 0.508 e. The molecule has 1 heterocycles. The van der Waals surface area contributed by atoms with Crippen molar-refractivity contribution in [1.29, 1.82) is 0 Å². The van der Waals surface area contributed by atoms with Crippen LogP contribution >= 0.6 is 0 Å².